The van der Waals surface area contributed by atoms with Crippen LogP contribution < -0.4 is 5.73 Å². The molecule has 0 aromatic heterocycles. The second-order valence-electron chi connectivity index (χ2n) is 5.26. The van der Waals surface area contributed by atoms with Gasteiger partial charge in [-0.05, 0) is 18.5 Å². The van der Waals surface area contributed by atoms with Crippen molar-refractivity contribution >= 4 is 15.7 Å². The fourth-order valence-corrected chi connectivity index (χ4v) is 3.93. The quantitative estimate of drug-likeness (QED) is 0.374. The van der Waals surface area contributed by atoms with E-state index in [1.54, 1.807) is 0 Å². The second kappa shape index (κ2) is 6.91. The molecular formula is C14H21N3O3S. The van der Waals surface area contributed by atoms with Crippen molar-refractivity contribution in [3.05, 3.63) is 35.9 Å². The first kappa shape index (κ1) is 15.8. The summed E-state index contributed by atoms with van der Waals surface area (Å²) < 4.78 is 23.5. The summed E-state index contributed by atoms with van der Waals surface area (Å²) in [5.41, 5.74) is 6.71. The number of rotatable bonds is 4. The monoisotopic (exact) mass is 311 g/mol. The van der Waals surface area contributed by atoms with Gasteiger partial charge in [0.25, 0.3) is 0 Å². The predicted octanol–water partition coefficient (Wildman–Crippen LogP) is 0.985. The van der Waals surface area contributed by atoms with E-state index in [-0.39, 0.29) is 23.4 Å². The molecule has 2 rings (SSSR count). The highest BCUT2D eigenvalue weighted by molar-refractivity contribution is 7.91. The Morgan fingerprint density at radius 2 is 2.00 bits per heavy atom. The number of hydrogen-bond donors (Lipinski definition) is 2. The molecule has 116 valence electrons. The van der Waals surface area contributed by atoms with Crippen molar-refractivity contribution in [2.24, 2.45) is 10.9 Å². The molecule has 3 N–H and O–H groups in total. The van der Waals surface area contributed by atoms with Gasteiger partial charge >= 0.3 is 0 Å². The summed E-state index contributed by atoms with van der Waals surface area (Å²) in [7, 11) is -2.95. The molecule has 1 saturated heterocycles. The molecule has 1 heterocycles. The summed E-state index contributed by atoms with van der Waals surface area (Å²) in [5, 5.41) is 11.9. The molecule has 1 aromatic carbocycles. The van der Waals surface area contributed by atoms with Gasteiger partial charge in [0.15, 0.2) is 9.84 Å². The van der Waals surface area contributed by atoms with Gasteiger partial charge in [-0.1, -0.05) is 35.5 Å². The Morgan fingerprint density at radius 1 is 1.29 bits per heavy atom. The third kappa shape index (κ3) is 4.44. The molecule has 1 aromatic rings. The van der Waals surface area contributed by atoms with Gasteiger partial charge in [0, 0.05) is 19.0 Å². The molecule has 0 bridgehead atoms. The number of sulfone groups is 1. The van der Waals surface area contributed by atoms with Gasteiger partial charge < -0.3 is 10.9 Å². The molecule has 1 aliphatic rings. The maximum atomic E-state index is 11.7. The van der Waals surface area contributed by atoms with Crippen LogP contribution in [0.25, 0.3) is 0 Å². The summed E-state index contributed by atoms with van der Waals surface area (Å²) >= 11 is 0. The molecule has 6 nitrogen and oxygen atoms in total. The summed E-state index contributed by atoms with van der Waals surface area (Å²) in [6.07, 6.45) is 0.988. The number of benzene rings is 1. The van der Waals surface area contributed by atoms with Crippen molar-refractivity contribution in [1.29, 1.82) is 0 Å². The zero-order valence-electron chi connectivity index (χ0n) is 11.9. The van der Waals surface area contributed by atoms with E-state index >= 15 is 0 Å². The van der Waals surface area contributed by atoms with Crippen LogP contribution in [-0.2, 0) is 9.84 Å². The van der Waals surface area contributed by atoms with Crippen LogP contribution in [0.5, 0.6) is 0 Å². The Balaban J connectivity index is 2.23. The molecule has 1 fully saturated rings. The molecule has 1 unspecified atom stereocenters. The minimum absolute atomic E-state index is 0.0737. The summed E-state index contributed by atoms with van der Waals surface area (Å²) in [6, 6.07) is 9.68. The maximum absolute atomic E-state index is 11.7. The lowest BCUT2D eigenvalue weighted by Gasteiger charge is -2.30. The van der Waals surface area contributed by atoms with Crippen LogP contribution in [0.2, 0.25) is 0 Å². The van der Waals surface area contributed by atoms with Crippen LogP contribution in [0.15, 0.2) is 35.5 Å². The van der Waals surface area contributed by atoms with Crippen LogP contribution >= 0.6 is 0 Å². The Hall–Kier alpha value is -1.60. The summed E-state index contributed by atoms with van der Waals surface area (Å²) in [5.74, 6) is 0.539. The third-order valence-corrected chi connectivity index (χ3v) is 5.46. The van der Waals surface area contributed by atoms with Crippen LogP contribution in [-0.4, -0.2) is 49.0 Å². The lowest BCUT2D eigenvalue weighted by molar-refractivity contribution is 0.215. The van der Waals surface area contributed by atoms with Crippen LogP contribution in [0.1, 0.15) is 24.4 Å². The van der Waals surface area contributed by atoms with Crippen molar-refractivity contribution in [2.45, 2.75) is 18.9 Å². The predicted molar refractivity (Wildman–Crippen MR) is 82.1 cm³/mol. The van der Waals surface area contributed by atoms with Gasteiger partial charge in [0.1, 0.15) is 5.84 Å². The molecule has 0 amide bonds. The fraction of sp³-hybridized carbons (Fsp3) is 0.500. The van der Waals surface area contributed by atoms with Crippen molar-refractivity contribution in [1.82, 2.24) is 4.90 Å². The van der Waals surface area contributed by atoms with Gasteiger partial charge in [-0.2, -0.15) is 0 Å². The molecule has 7 heteroatoms. The SMILES string of the molecule is N/C(CC(c1ccccc1)N1CCCS(=O)(=O)CC1)=N/O. The molecule has 0 saturated carbocycles. The van der Waals surface area contributed by atoms with E-state index in [4.69, 9.17) is 10.9 Å². The average molecular weight is 311 g/mol. The largest absolute Gasteiger partial charge is 0.409 e. The van der Waals surface area contributed by atoms with Gasteiger partial charge in [-0.25, -0.2) is 8.42 Å². The number of hydrogen-bond acceptors (Lipinski definition) is 5. The lowest BCUT2D eigenvalue weighted by atomic mass is 10.0. The zero-order valence-corrected chi connectivity index (χ0v) is 12.7. The summed E-state index contributed by atoms with van der Waals surface area (Å²) in [6.45, 7) is 1.16. The number of amidine groups is 1. The molecular weight excluding hydrogens is 290 g/mol. The van der Waals surface area contributed by atoms with Gasteiger partial charge in [-0.3, -0.25) is 4.90 Å². The smallest absolute Gasteiger partial charge is 0.151 e. The zero-order chi connectivity index (χ0) is 15.3. The number of oxime groups is 1. The molecule has 0 spiro atoms. The summed E-state index contributed by atoms with van der Waals surface area (Å²) in [4.78, 5) is 2.11. The Kier molecular flexibility index (Phi) is 5.19. The molecule has 0 radical (unpaired) electrons. The van der Waals surface area contributed by atoms with E-state index in [0.29, 0.717) is 25.9 Å². The van der Waals surface area contributed by atoms with Crippen LogP contribution in [0, 0.1) is 0 Å². The minimum atomic E-state index is -2.95. The number of nitrogens with zero attached hydrogens (tertiary/aromatic N) is 2. The Labute approximate surface area is 125 Å². The molecule has 1 atom stereocenters. The number of nitrogens with two attached hydrogens (primary N) is 1. The van der Waals surface area contributed by atoms with Crippen LogP contribution in [0.3, 0.4) is 0 Å². The minimum Gasteiger partial charge on any atom is -0.409 e. The van der Waals surface area contributed by atoms with Gasteiger partial charge in [-0.15, -0.1) is 0 Å². The first-order valence-electron chi connectivity index (χ1n) is 6.97. The molecule has 21 heavy (non-hydrogen) atoms. The highest BCUT2D eigenvalue weighted by atomic mass is 32.2. The molecule has 1 aliphatic heterocycles. The van der Waals surface area contributed by atoms with E-state index < -0.39 is 9.84 Å². The van der Waals surface area contributed by atoms with Crippen molar-refractivity contribution in [2.75, 3.05) is 24.6 Å². The van der Waals surface area contributed by atoms with E-state index in [1.165, 1.54) is 0 Å². The van der Waals surface area contributed by atoms with Gasteiger partial charge in [0.2, 0.25) is 0 Å². The molecule has 0 aliphatic carbocycles. The van der Waals surface area contributed by atoms with Crippen molar-refractivity contribution < 1.29 is 13.6 Å². The standard InChI is InChI=1S/C14H21N3O3S/c15-14(16-18)11-13(12-5-2-1-3-6-12)17-7-4-9-21(19,20)10-8-17/h1-3,5-6,13,18H,4,7-11H2,(H2,15,16). The highest BCUT2D eigenvalue weighted by Gasteiger charge is 2.26. The van der Waals surface area contributed by atoms with E-state index in [2.05, 4.69) is 10.1 Å². The first-order chi connectivity index (χ1) is 10.0. The Bertz CT molecular complexity index is 587. The van der Waals surface area contributed by atoms with Gasteiger partial charge in [0.05, 0.1) is 11.5 Å². The first-order valence-corrected chi connectivity index (χ1v) is 8.80. The normalized spacial score (nSPS) is 21.6. The Morgan fingerprint density at radius 3 is 2.67 bits per heavy atom. The van der Waals surface area contributed by atoms with Crippen molar-refractivity contribution in [3.8, 4) is 0 Å². The average Bonchev–Trinajstić information content (AvgIpc) is 2.66. The lowest BCUT2D eigenvalue weighted by Crippen LogP contribution is -2.34. The topological polar surface area (TPSA) is 96.0 Å². The van der Waals surface area contributed by atoms with E-state index in [1.807, 2.05) is 30.3 Å². The second-order valence-corrected chi connectivity index (χ2v) is 7.57. The third-order valence-electron chi connectivity index (χ3n) is 3.75. The maximum Gasteiger partial charge on any atom is 0.151 e. The van der Waals surface area contributed by atoms with Crippen molar-refractivity contribution in [3.63, 3.8) is 0 Å². The highest BCUT2D eigenvalue weighted by Crippen LogP contribution is 2.25. The van der Waals surface area contributed by atoms with E-state index in [9.17, 15) is 8.42 Å². The fourth-order valence-electron chi connectivity index (χ4n) is 2.64. The van der Waals surface area contributed by atoms with E-state index in [0.717, 1.165) is 5.56 Å². The van der Waals surface area contributed by atoms with Crippen LogP contribution in [0.4, 0.5) is 0 Å².